The number of hydrogen-bond donors (Lipinski definition) is 1. The topological polar surface area (TPSA) is 80.6 Å². The third kappa shape index (κ3) is 7.24. The van der Waals surface area contributed by atoms with Gasteiger partial charge in [-0.25, -0.2) is 0 Å². The number of carbonyl (C=O) groups is 1. The maximum Gasteiger partial charge on any atom is 0.266 e. The molecule has 3 aromatic carbocycles. The lowest BCUT2D eigenvalue weighted by Gasteiger charge is -2.16. The molecule has 0 aliphatic heterocycles. The summed E-state index contributed by atoms with van der Waals surface area (Å²) in [6.07, 6.45) is 3.81. The van der Waals surface area contributed by atoms with E-state index < -0.39 is 5.91 Å². The maximum atomic E-state index is 12.8. The Balaban J connectivity index is 1.84. The van der Waals surface area contributed by atoms with Crippen LogP contribution in [0.25, 0.3) is 6.08 Å². The Morgan fingerprint density at radius 1 is 1.11 bits per heavy atom. The molecule has 3 rings (SSSR count). The van der Waals surface area contributed by atoms with Gasteiger partial charge in [0, 0.05) is 15.7 Å². The molecular weight excluding hydrogens is 520 g/mol. The molecule has 0 saturated heterocycles. The average Bonchev–Trinajstić information content (AvgIpc) is 2.88. The Labute approximate surface area is 219 Å². The predicted molar refractivity (Wildman–Crippen MR) is 145 cm³/mol. The molecule has 184 valence electrons. The van der Waals surface area contributed by atoms with Gasteiger partial charge in [-0.2, -0.15) is 5.26 Å². The minimum Gasteiger partial charge on any atom is -0.494 e. The second kappa shape index (κ2) is 13.2. The fourth-order valence-electron chi connectivity index (χ4n) is 3.44. The highest BCUT2D eigenvalue weighted by molar-refractivity contribution is 9.10. The molecule has 0 saturated carbocycles. The number of halogens is 1. The number of rotatable bonds is 11. The number of nitrogens with one attached hydrogen (secondary N) is 1. The minimum atomic E-state index is -0.513. The van der Waals surface area contributed by atoms with Gasteiger partial charge in [0.2, 0.25) is 0 Å². The van der Waals surface area contributed by atoms with E-state index in [1.165, 1.54) is 6.08 Å². The third-order valence-corrected chi connectivity index (χ3v) is 5.66. The number of nitrogens with zero attached hydrogens (tertiary/aromatic N) is 1. The Bertz CT molecular complexity index is 1280. The van der Waals surface area contributed by atoms with E-state index >= 15 is 0 Å². The van der Waals surface area contributed by atoms with Gasteiger partial charge in [-0.1, -0.05) is 34.1 Å². The highest BCUT2D eigenvalue weighted by Gasteiger charge is 2.15. The lowest BCUT2D eigenvalue weighted by molar-refractivity contribution is -0.112. The SMILES string of the molecule is C=CCc1cc(/C=C(/C#N)C(=O)Nc2ccc(OCC)cc2)cc(OC)c1OCc1ccc(Br)cc1. The molecule has 0 fully saturated rings. The molecule has 0 atom stereocenters. The van der Waals surface area contributed by atoms with E-state index in [9.17, 15) is 10.1 Å². The number of hydrogen-bond acceptors (Lipinski definition) is 5. The van der Waals surface area contributed by atoms with Gasteiger partial charge >= 0.3 is 0 Å². The van der Waals surface area contributed by atoms with Crippen LogP contribution in [0, 0.1) is 11.3 Å². The highest BCUT2D eigenvalue weighted by Crippen LogP contribution is 2.35. The van der Waals surface area contributed by atoms with Gasteiger partial charge < -0.3 is 19.5 Å². The van der Waals surface area contributed by atoms with Crippen molar-refractivity contribution < 1.29 is 19.0 Å². The lowest BCUT2D eigenvalue weighted by atomic mass is 10.0. The molecule has 0 bridgehead atoms. The van der Waals surface area contributed by atoms with Gasteiger partial charge in [-0.15, -0.1) is 6.58 Å². The van der Waals surface area contributed by atoms with E-state index in [1.807, 2.05) is 43.3 Å². The summed E-state index contributed by atoms with van der Waals surface area (Å²) in [4.78, 5) is 12.8. The number of benzene rings is 3. The second-order valence-electron chi connectivity index (χ2n) is 7.70. The number of allylic oxidation sites excluding steroid dienone is 1. The van der Waals surface area contributed by atoms with Crippen molar-refractivity contribution in [2.45, 2.75) is 20.0 Å². The van der Waals surface area contributed by atoms with Crippen LogP contribution in [0.4, 0.5) is 5.69 Å². The summed E-state index contributed by atoms with van der Waals surface area (Å²) in [7, 11) is 1.55. The summed E-state index contributed by atoms with van der Waals surface area (Å²) in [6.45, 7) is 6.65. The first kappa shape index (κ1) is 26.6. The molecular formula is C29H27BrN2O4. The molecule has 3 aromatic rings. The molecule has 1 N–H and O–H groups in total. The van der Waals surface area contributed by atoms with Crippen LogP contribution in [-0.4, -0.2) is 19.6 Å². The van der Waals surface area contributed by atoms with Gasteiger partial charge in [0.05, 0.1) is 13.7 Å². The third-order valence-electron chi connectivity index (χ3n) is 5.13. The van der Waals surface area contributed by atoms with E-state index in [2.05, 4.69) is 27.8 Å². The molecule has 0 radical (unpaired) electrons. The van der Waals surface area contributed by atoms with Crippen molar-refractivity contribution in [3.8, 4) is 23.3 Å². The van der Waals surface area contributed by atoms with Crippen molar-refractivity contribution in [3.63, 3.8) is 0 Å². The molecule has 0 aliphatic carbocycles. The Hall–Kier alpha value is -4.02. The first-order chi connectivity index (χ1) is 17.5. The minimum absolute atomic E-state index is 0.0426. The molecule has 7 heteroatoms. The zero-order valence-electron chi connectivity index (χ0n) is 20.2. The molecule has 6 nitrogen and oxygen atoms in total. The van der Waals surface area contributed by atoms with Gasteiger partial charge in [-0.3, -0.25) is 4.79 Å². The quantitative estimate of drug-likeness (QED) is 0.164. The van der Waals surface area contributed by atoms with E-state index in [-0.39, 0.29) is 5.57 Å². The number of methoxy groups -OCH3 is 1. The number of carbonyl (C=O) groups excluding carboxylic acids is 1. The fraction of sp³-hybridized carbons (Fsp3) is 0.172. The van der Waals surface area contributed by atoms with Crippen molar-refractivity contribution in [2.75, 3.05) is 19.0 Å². The van der Waals surface area contributed by atoms with Crippen LogP contribution in [0.2, 0.25) is 0 Å². The highest BCUT2D eigenvalue weighted by atomic mass is 79.9. The van der Waals surface area contributed by atoms with Gasteiger partial charge in [0.1, 0.15) is 24.0 Å². The summed E-state index contributed by atoms with van der Waals surface area (Å²) < 4.78 is 18.1. The number of anilines is 1. The van der Waals surface area contributed by atoms with Crippen LogP contribution in [0.1, 0.15) is 23.6 Å². The average molecular weight is 547 g/mol. The first-order valence-corrected chi connectivity index (χ1v) is 12.1. The number of nitriles is 1. The van der Waals surface area contributed by atoms with Crippen LogP contribution >= 0.6 is 15.9 Å². The Kier molecular flexibility index (Phi) is 9.73. The van der Waals surface area contributed by atoms with Crippen LogP contribution in [0.3, 0.4) is 0 Å². The fourth-order valence-corrected chi connectivity index (χ4v) is 3.70. The summed E-state index contributed by atoms with van der Waals surface area (Å²) in [5.41, 5.74) is 2.99. The van der Waals surface area contributed by atoms with E-state index in [0.717, 1.165) is 15.6 Å². The number of amides is 1. The van der Waals surface area contributed by atoms with Gasteiger partial charge in [-0.05, 0) is 79.1 Å². The van der Waals surface area contributed by atoms with Crippen molar-refractivity contribution >= 4 is 33.6 Å². The molecule has 0 aliphatic rings. The maximum absolute atomic E-state index is 12.8. The smallest absolute Gasteiger partial charge is 0.266 e. The molecule has 0 aromatic heterocycles. The standard InChI is InChI=1S/C29H27BrN2O4/c1-4-6-22-15-21(17-27(34-3)28(22)36-19-20-7-9-24(30)10-8-20)16-23(18-31)29(33)32-25-11-13-26(14-12-25)35-5-2/h4,7-17H,1,5-6,19H2,2-3H3,(H,32,33)/b23-16-. The van der Waals surface area contributed by atoms with Crippen molar-refractivity contribution in [2.24, 2.45) is 0 Å². The zero-order valence-corrected chi connectivity index (χ0v) is 21.8. The summed E-state index contributed by atoms with van der Waals surface area (Å²) >= 11 is 3.43. The largest absolute Gasteiger partial charge is 0.494 e. The van der Waals surface area contributed by atoms with Gasteiger partial charge in [0.15, 0.2) is 11.5 Å². The lowest BCUT2D eigenvalue weighted by Crippen LogP contribution is -2.13. The van der Waals surface area contributed by atoms with Crippen LogP contribution in [0.5, 0.6) is 17.2 Å². The summed E-state index contributed by atoms with van der Waals surface area (Å²) in [5.74, 6) is 1.29. The number of ether oxygens (including phenoxy) is 3. The molecule has 0 heterocycles. The van der Waals surface area contributed by atoms with Crippen molar-refractivity contribution in [1.82, 2.24) is 0 Å². The van der Waals surface area contributed by atoms with E-state index in [1.54, 1.807) is 43.5 Å². The monoisotopic (exact) mass is 546 g/mol. The van der Waals surface area contributed by atoms with Crippen LogP contribution in [0.15, 0.2) is 83.4 Å². The molecule has 1 amide bonds. The molecule has 0 spiro atoms. The van der Waals surface area contributed by atoms with Crippen molar-refractivity contribution in [3.05, 3.63) is 100 Å². The van der Waals surface area contributed by atoms with Crippen molar-refractivity contribution in [1.29, 1.82) is 5.26 Å². The zero-order chi connectivity index (χ0) is 25.9. The second-order valence-corrected chi connectivity index (χ2v) is 8.62. The Morgan fingerprint density at radius 2 is 1.83 bits per heavy atom. The predicted octanol–water partition coefficient (Wildman–Crippen LogP) is 6.71. The summed E-state index contributed by atoms with van der Waals surface area (Å²) in [6, 6.07) is 20.4. The van der Waals surface area contributed by atoms with E-state index in [4.69, 9.17) is 14.2 Å². The molecule has 36 heavy (non-hydrogen) atoms. The van der Waals surface area contributed by atoms with E-state index in [0.29, 0.717) is 48.1 Å². The molecule has 0 unspecified atom stereocenters. The first-order valence-electron chi connectivity index (χ1n) is 11.3. The Morgan fingerprint density at radius 3 is 2.44 bits per heavy atom. The normalized spacial score (nSPS) is 10.8. The summed E-state index contributed by atoms with van der Waals surface area (Å²) in [5, 5.41) is 12.4. The van der Waals surface area contributed by atoms with Crippen LogP contribution in [-0.2, 0) is 17.8 Å². The van der Waals surface area contributed by atoms with Gasteiger partial charge in [0.25, 0.3) is 5.91 Å². The van der Waals surface area contributed by atoms with Crippen LogP contribution < -0.4 is 19.5 Å².